The maximum atomic E-state index is 12.7. The molecule has 34 heavy (non-hydrogen) atoms. The van der Waals surface area contributed by atoms with Gasteiger partial charge in [0.05, 0.1) is 11.2 Å². The number of nitrogens with zero attached hydrogens (tertiary/aromatic N) is 2. The van der Waals surface area contributed by atoms with Crippen LogP contribution >= 0.6 is 0 Å². The molecule has 0 unspecified atom stereocenters. The van der Waals surface area contributed by atoms with Gasteiger partial charge < -0.3 is 20.1 Å². The highest BCUT2D eigenvalue weighted by Gasteiger charge is 2.21. The van der Waals surface area contributed by atoms with Crippen LogP contribution in [0.2, 0.25) is 0 Å². The molecular weight excluding hydrogens is 428 g/mol. The normalized spacial score (nSPS) is 11.3. The number of carbonyl (C=O) groups excluding carboxylic acids is 2. The molecule has 0 saturated heterocycles. The van der Waals surface area contributed by atoms with Crippen LogP contribution in [0.5, 0.6) is 0 Å². The van der Waals surface area contributed by atoms with Crippen LogP contribution in [-0.4, -0.2) is 21.5 Å². The Balaban J connectivity index is 1.87. The SMILES string of the molecule is CC(=O)Nc1ccc2c(c1)c1c(C(N)=O)cc(-c3c(C)noc3C)cc1n2Cc1ccccc1. The molecule has 7 heteroatoms. The van der Waals surface area contributed by atoms with E-state index in [0.29, 0.717) is 23.6 Å². The quantitative estimate of drug-likeness (QED) is 0.384. The molecule has 0 radical (unpaired) electrons. The number of hydrogen-bond acceptors (Lipinski definition) is 4. The number of carbonyl (C=O) groups is 2. The molecule has 3 aromatic carbocycles. The van der Waals surface area contributed by atoms with E-state index in [0.717, 1.165) is 44.2 Å². The first-order valence-corrected chi connectivity index (χ1v) is 11.0. The third-order valence-corrected chi connectivity index (χ3v) is 6.06. The molecule has 5 aromatic rings. The Morgan fingerprint density at radius 3 is 2.44 bits per heavy atom. The standard InChI is InChI=1S/C27H24N4O3/c1-15-25(16(2)34-30-15)19-11-22(27(28)33)26-21-13-20(29-17(3)32)9-10-23(21)31(24(26)12-19)14-18-7-5-4-6-8-18/h4-13H,14H2,1-3H3,(H2,28,33)(H,29,32). The molecule has 0 fully saturated rings. The predicted molar refractivity (Wildman–Crippen MR) is 133 cm³/mol. The summed E-state index contributed by atoms with van der Waals surface area (Å²) in [4.78, 5) is 24.4. The molecule has 2 aromatic heterocycles. The lowest BCUT2D eigenvalue weighted by atomic mass is 9.97. The monoisotopic (exact) mass is 452 g/mol. The third kappa shape index (κ3) is 3.61. The van der Waals surface area contributed by atoms with Gasteiger partial charge in [0.25, 0.3) is 0 Å². The number of benzene rings is 3. The van der Waals surface area contributed by atoms with Gasteiger partial charge in [0.2, 0.25) is 11.8 Å². The molecule has 3 N–H and O–H groups in total. The van der Waals surface area contributed by atoms with Gasteiger partial charge in [-0.1, -0.05) is 35.5 Å². The Hall–Kier alpha value is -4.39. The number of aromatic nitrogens is 2. The molecule has 0 aliphatic rings. The molecule has 0 atom stereocenters. The van der Waals surface area contributed by atoms with Crippen LogP contribution in [0.25, 0.3) is 32.9 Å². The van der Waals surface area contributed by atoms with Gasteiger partial charge in [-0.15, -0.1) is 0 Å². The van der Waals surface area contributed by atoms with Crippen molar-refractivity contribution < 1.29 is 14.1 Å². The molecule has 170 valence electrons. The van der Waals surface area contributed by atoms with Crippen molar-refractivity contribution in [3.05, 3.63) is 83.2 Å². The maximum absolute atomic E-state index is 12.7. The number of rotatable bonds is 5. The summed E-state index contributed by atoms with van der Waals surface area (Å²) < 4.78 is 7.56. The maximum Gasteiger partial charge on any atom is 0.249 e. The molecule has 2 amide bonds. The minimum absolute atomic E-state index is 0.164. The van der Waals surface area contributed by atoms with Crippen molar-refractivity contribution in [1.29, 1.82) is 0 Å². The van der Waals surface area contributed by atoms with Crippen molar-refractivity contribution >= 4 is 39.3 Å². The zero-order valence-corrected chi connectivity index (χ0v) is 19.2. The summed E-state index contributed by atoms with van der Waals surface area (Å²) in [6.45, 7) is 5.79. The van der Waals surface area contributed by atoms with E-state index in [4.69, 9.17) is 10.3 Å². The predicted octanol–water partition coefficient (Wildman–Crippen LogP) is 5.17. The van der Waals surface area contributed by atoms with Crippen LogP contribution in [0, 0.1) is 13.8 Å². The van der Waals surface area contributed by atoms with Gasteiger partial charge in [-0.3, -0.25) is 9.59 Å². The van der Waals surface area contributed by atoms with E-state index in [1.807, 2.05) is 50.2 Å². The fraction of sp³-hybridized carbons (Fsp3) is 0.148. The van der Waals surface area contributed by atoms with E-state index in [2.05, 4.69) is 33.2 Å². The number of nitrogens with one attached hydrogen (secondary N) is 1. The highest BCUT2D eigenvalue weighted by molar-refractivity contribution is 6.19. The van der Waals surface area contributed by atoms with Gasteiger partial charge >= 0.3 is 0 Å². The molecule has 5 rings (SSSR count). The smallest absolute Gasteiger partial charge is 0.249 e. The molecule has 0 spiro atoms. The number of hydrogen-bond donors (Lipinski definition) is 2. The highest BCUT2D eigenvalue weighted by Crippen LogP contribution is 2.38. The van der Waals surface area contributed by atoms with Crippen molar-refractivity contribution in [2.24, 2.45) is 5.73 Å². The van der Waals surface area contributed by atoms with E-state index in [-0.39, 0.29) is 5.91 Å². The molecule has 7 nitrogen and oxygen atoms in total. The van der Waals surface area contributed by atoms with E-state index < -0.39 is 5.91 Å². The van der Waals surface area contributed by atoms with Gasteiger partial charge in [-0.05, 0) is 55.3 Å². The second-order valence-electron chi connectivity index (χ2n) is 8.47. The van der Waals surface area contributed by atoms with Crippen molar-refractivity contribution in [2.45, 2.75) is 27.3 Å². The summed E-state index contributed by atoms with van der Waals surface area (Å²) in [6.07, 6.45) is 0. The fourth-order valence-electron chi connectivity index (χ4n) is 4.68. The number of primary amides is 1. The molecule has 2 heterocycles. The number of amides is 2. The van der Waals surface area contributed by atoms with Gasteiger partial charge in [-0.2, -0.15) is 0 Å². The van der Waals surface area contributed by atoms with Crippen molar-refractivity contribution in [3.63, 3.8) is 0 Å². The first-order chi connectivity index (χ1) is 16.3. The first kappa shape index (κ1) is 21.5. The van der Waals surface area contributed by atoms with E-state index in [9.17, 15) is 9.59 Å². The van der Waals surface area contributed by atoms with Gasteiger partial charge in [0, 0.05) is 46.6 Å². The molecule has 0 bridgehead atoms. The zero-order chi connectivity index (χ0) is 24.0. The average Bonchev–Trinajstić information content (AvgIpc) is 3.29. The number of nitrogens with two attached hydrogens (primary N) is 1. The summed E-state index contributed by atoms with van der Waals surface area (Å²) in [5, 5.41) is 8.51. The second-order valence-corrected chi connectivity index (χ2v) is 8.47. The summed E-state index contributed by atoms with van der Waals surface area (Å²) in [6, 6.07) is 19.7. The van der Waals surface area contributed by atoms with E-state index >= 15 is 0 Å². The second kappa shape index (κ2) is 8.19. The summed E-state index contributed by atoms with van der Waals surface area (Å²) in [5.41, 5.74) is 12.3. The Bertz CT molecular complexity index is 1560. The van der Waals surface area contributed by atoms with Crippen molar-refractivity contribution in [1.82, 2.24) is 9.72 Å². The van der Waals surface area contributed by atoms with Gasteiger partial charge in [-0.25, -0.2) is 0 Å². The van der Waals surface area contributed by atoms with Crippen LogP contribution in [0.15, 0.2) is 65.2 Å². The average molecular weight is 453 g/mol. The summed E-state index contributed by atoms with van der Waals surface area (Å²) in [5.74, 6) is -0.0172. The van der Waals surface area contributed by atoms with Crippen LogP contribution in [0.1, 0.15) is 34.3 Å². The zero-order valence-electron chi connectivity index (χ0n) is 19.2. The van der Waals surface area contributed by atoms with Gasteiger partial charge in [0.1, 0.15) is 5.76 Å². The minimum atomic E-state index is -0.526. The lowest BCUT2D eigenvalue weighted by Gasteiger charge is -2.10. The van der Waals surface area contributed by atoms with E-state index in [1.165, 1.54) is 6.92 Å². The largest absolute Gasteiger partial charge is 0.366 e. The van der Waals surface area contributed by atoms with Crippen LogP contribution in [-0.2, 0) is 11.3 Å². The molecule has 0 aliphatic carbocycles. The lowest BCUT2D eigenvalue weighted by molar-refractivity contribution is -0.114. The van der Waals surface area contributed by atoms with Crippen molar-refractivity contribution in [3.8, 4) is 11.1 Å². The fourth-order valence-corrected chi connectivity index (χ4v) is 4.68. The third-order valence-electron chi connectivity index (χ3n) is 6.06. The highest BCUT2D eigenvalue weighted by atomic mass is 16.5. The Morgan fingerprint density at radius 1 is 1.03 bits per heavy atom. The number of aryl methyl sites for hydroxylation is 2. The Kier molecular flexibility index (Phi) is 5.17. The van der Waals surface area contributed by atoms with Crippen LogP contribution in [0.3, 0.4) is 0 Å². The lowest BCUT2D eigenvalue weighted by Crippen LogP contribution is -2.12. The molecule has 0 aliphatic heterocycles. The minimum Gasteiger partial charge on any atom is -0.366 e. The first-order valence-electron chi connectivity index (χ1n) is 11.0. The molecule has 0 saturated carbocycles. The Labute approximate surface area is 196 Å². The summed E-state index contributed by atoms with van der Waals surface area (Å²) in [7, 11) is 0. The van der Waals surface area contributed by atoms with Gasteiger partial charge in [0.15, 0.2) is 0 Å². The van der Waals surface area contributed by atoms with Crippen LogP contribution < -0.4 is 11.1 Å². The number of fused-ring (bicyclic) bond motifs is 3. The van der Waals surface area contributed by atoms with Crippen LogP contribution in [0.4, 0.5) is 5.69 Å². The van der Waals surface area contributed by atoms with Crippen molar-refractivity contribution in [2.75, 3.05) is 5.32 Å². The topological polar surface area (TPSA) is 103 Å². The van der Waals surface area contributed by atoms with E-state index in [1.54, 1.807) is 6.07 Å². The Morgan fingerprint density at radius 2 is 1.79 bits per heavy atom. The summed E-state index contributed by atoms with van der Waals surface area (Å²) >= 11 is 0. The number of anilines is 1. The molecular formula is C27H24N4O3.